The molecule has 4 rings (SSSR count). The monoisotopic (exact) mass is 411 g/mol. The van der Waals surface area contributed by atoms with Gasteiger partial charge in [0.1, 0.15) is 0 Å². The SMILES string of the molecule is CC(NC(=O)CCc1c[nH]c2ccccc12)c1cccc(NC(=O)c2ccccc2)c1. The molecule has 0 saturated heterocycles. The smallest absolute Gasteiger partial charge is 0.255 e. The Kier molecular flexibility index (Phi) is 6.13. The summed E-state index contributed by atoms with van der Waals surface area (Å²) in [6, 6.07) is 24.6. The second kappa shape index (κ2) is 9.30. The number of carbonyl (C=O) groups is 2. The zero-order valence-corrected chi connectivity index (χ0v) is 17.4. The molecular formula is C26H25N3O2. The number of nitrogens with one attached hydrogen (secondary N) is 3. The number of hydrogen-bond acceptors (Lipinski definition) is 2. The summed E-state index contributed by atoms with van der Waals surface area (Å²) in [6.45, 7) is 1.95. The Morgan fingerprint density at radius 2 is 1.71 bits per heavy atom. The van der Waals surface area contributed by atoms with E-state index in [0.29, 0.717) is 24.1 Å². The van der Waals surface area contributed by atoms with Crippen molar-refractivity contribution in [2.75, 3.05) is 5.32 Å². The first kappa shape index (κ1) is 20.4. The van der Waals surface area contributed by atoms with Crippen molar-refractivity contribution in [2.24, 2.45) is 0 Å². The highest BCUT2D eigenvalue weighted by Crippen LogP contribution is 2.20. The first-order valence-electron chi connectivity index (χ1n) is 10.4. The van der Waals surface area contributed by atoms with Gasteiger partial charge in [-0.25, -0.2) is 0 Å². The molecule has 156 valence electrons. The highest BCUT2D eigenvalue weighted by molar-refractivity contribution is 6.04. The number of amides is 2. The van der Waals surface area contributed by atoms with Gasteiger partial charge in [0.2, 0.25) is 5.91 Å². The number of H-pyrrole nitrogens is 1. The van der Waals surface area contributed by atoms with Gasteiger partial charge in [0.05, 0.1) is 6.04 Å². The minimum absolute atomic E-state index is 0.00324. The molecule has 0 aliphatic heterocycles. The maximum atomic E-state index is 12.5. The Balaban J connectivity index is 1.34. The fraction of sp³-hybridized carbons (Fsp3) is 0.154. The van der Waals surface area contributed by atoms with Gasteiger partial charge in [-0.3, -0.25) is 9.59 Å². The Bertz CT molecular complexity index is 1200. The molecule has 4 aromatic rings. The van der Waals surface area contributed by atoms with Gasteiger partial charge in [0.25, 0.3) is 5.91 Å². The fourth-order valence-electron chi connectivity index (χ4n) is 3.66. The summed E-state index contributed by atoms with van der Waals surface area (Å²) in [5.41, 5.74) is 4.47. The van der Waals surface area contributed by atoms with Crippen molar-refractivity contribution in [3.8, 4) is 0 Å². The molecular weight excluding hydrogens is 386 g/mol. The summed E-state index contributed by atoms with van der Waals surface area (Å²) in [6.07, 6.45) is 3.06. The molecule has 0 spiro atoms. The van der Waals surface area contributed by atoms with Crippen molar-refractivity contribution in [2.45, 2.75) is 25.8 Å². The van der Waals surface area contributed by atoms with E-state index in [1.165, 1.54) is 0 Å². The first-order valence-corrected chi connectivity index (χ1v) is 10.4. The Morgan fingerprint density at radius 1 is 0.935 bits per heavy atom. The van der Waals surface area contributed by atoms with Gasteiger partial charge in [-0.2, -0.15) is 0 Å². The Morgan fingerprint density at radius 3 is 2.55 bits per heavy atom. The van der Waals surface area contributed by atoms with E-state index >= 15 is 0 Å². The van der Waals surface area contributed by atoms with Crippen LogP contribution in [0.1, 0.15) is 40.9 Å². The van der Waals surface area contributed by atoms with E-state index in [4.69, 9.17) is 0 Å². The van der Waals surface area contributed by atoms with Gasteiger partial charge in [-0.1, -0.05) is 48.5 Å². The van der Waals surface area contributed by atoms with Crippen molar-refractivity contribution in [3.63, 3.8) is 0 Å². The van der Waals surface area contributed by atoms with Crippen LogP contribution in [0.3, 0.4) is 0 Å². The first-order chi connectivity index (χ1) is 15.1. The molecule has 1 atom stereocenters. The molecule has 0 aliphatic rings. The van der Waals surface area contributed by atoms with Gasteiger partial charge < -0.3 is 15.6 Å². The lowest BCUT2D eigenvalue weighted by Crippen LogP contribution is -2.26. The number of aromatic nitrogens is 1. The minimum Gasteiger partial charge on any atom is -0.361 e. The van der Waals surface area contributed by atoms with Gasteiger partial charge in [0, 0.05) is 34.8 Å². The van der Waals surface area contributed by atoms with Crippen LogP contribution in [0.25, 0.3) is 10.9 Å². The maximum absolute atomic E-state index is 12.5. The second-order valence-corrected chi connectivity index (χ2v) is 7.59. The number of anilines is 1. The van der Waals surface area contributed by atoms with Gasteiger partial charge in [0.15, 0.2) is 0 Å². The largest absolute Gasteiger partial charge is 0.361 e. The number of aromatic amines is 1. The highest BCUT2D eigenvalue weighted by atomic mass is 16.2. The van der Waals surface area contributed by atoms with Crippen molar-refractivity contribution in [3.05, 3.63) is 102 Å². The number of benzene rings is 3. The molecule has 5 nitrogen and oxygen atoms in total. The van der Waals surface area contributed by atoms with Crippen LogP contribution in [0, 0.1) is 0 Å². The van der Waals surface area contributed by atoms with E-state index in [1.54, 1.807) is 12.1 Å². The topological polar surface area (TPSA) is 74.0 Å². The summed E-state index contributed by atoms with van der Waals surface area (Å²) in [7, 11) is 0. The van der Waals surface area contributed by atoms with Gasteiger partial charge in [-0.05, 0) is 54.8 Å². The molecule has 31 heavy (non-hydrogen) atoms. The normalized spacial score (nSPS) is 11.8. The quantitative estimate of drug-likeness (QED) is 0.390. The third-order valence-corrected chi connectivity index (χ3v) is 5.35. The number of para-hydroxylation sites is 1. The molecule has 3 N–H and O–H groups in total. The lowest BCUT2D eigenvalue weighted by molar-refractivity contribution is -0.121. The van der Waals surface area contributed by atoms with Crippen LogP contribution < -0.4 is 10.6 Å². The lowest BCUT2D eigenvalue weighted by Gasteiger charge is -2.16. The average Bonchev–Trinajstić information content (AvgIpc) is 3.21. The minimum atomic E-state index is -0.163. The van der Waals surface area contributed by atoms with Gasteiger partial charge in [-0.15, -0.1) is 0 Å². The molecule has 0 aliphatic carbocycles. The third-order valence-electron chi connectivity index (χ3n) is 5.35. The van der Waals surface area contributed by atoms with Crippen LogP contribution in [-0.2, 0) is 11.2 Å². The van der Waals surface area contributed by atoms with Crippen LogP contribution in [0.2, 0.25) is 0 Å². The van der Waals surface area contributed by atoms with E-state index < -0.39 is 0 Å². The van der Waals surface area contributed by atoms with Crippen LogP contribution in [0.5, 0.6) is 0 Å². The molecule has 2 amide bonds. The van der Waals surface area contributed by atoms with Crippen molar-refractivity contribution in [1.82, 2.24) is 10.3 Å². The highest BCUT2D eigenvalue weighted by Gasteiger charge is 2.12. The number of aryl methyl sites for hydroxylation is 1. The van der Waals surface area contributed by atoms with E-state index in [1.807, 2.05) is 73.8 Å². The molecule has 5 heteroatoms. The van der Waals surface area contributed by atoms with Crippen molar-refractivity contribution in [1.29, 1.82) is 0 Å². The summed E-state index contributed by atoms with van der Waals surface area (Å²) >= 11 is 0. The predicted octanol–water partition coefficient (Wildman–Crippen LogP) is 5.23. The molecule has 0 saturated carbocycles. The summed E-state index contributed by atoms with van der Waals surface area (Å²) in [5.74, 6) is -0.162. The van der Waals surface area contributed by atoms with Crippen molar-refractivity contribution < 1.29 is 9.59 Å². The Labute approximate surface area is 181 Å². The zero-order chi connectivity index (χ0) is 21.6. The molecule has 0 radical (unpaired) electrons. The standard InChI is InChI=1S/C26H25N3O2/c1-18(28-25(30)15-14-21-17-27-24-13-6-5-12-23(21)24)20-10-7-11-22(16-20)29-26(31)19-8-3-2-4-9-19/h2-13,16-18,27H,14-15H2,1H3,(H,28,30)(H,29,31). The number of fused-ring (bicyclic) bond motifs is 1. The van der Waals surface area contributed by atoms with Gasteiger partial charge >= 0.3 is 0 Å². The van der Waals surface area contributed by atoms with E-state index in [0.717, 1.165) is 22.0 Å². The molecule has 3 aromatic carbocycles. The number of rotatable bonds is 7. The predicted molar refractivity (Wildman–Crippen MR) is 124 cm³/mol. The molecule has 0 bridgehead atoms. The maximum Gasteiger partial charge on any atom is 0.255 e. The summed E-state index contributed by atoms with van der Waals surface area (Å²) < 4.78 is 0. The van der Waals surface area contributed by atoms with Crippen LogP contribution in [-0.4, -0.2) is 16.8 Å². The molecule has 0 fully saturated rings. The molecule has 1 unspecified atom stereocenters. The van der Waals surface area contributed by atoms with Crippen LogP contribution in [0.15, 0.2) is 85.1 Å². The van der Waals surface area contributed by atoms with E-state index in [9.17, 15) is 9.59 Å². The van der Waals surface area contributed by atoms with Crippen LogP contribution >= 0.6 is 0 Å². The zero-order valence-electron chi connectivity index (χ0n) is 17.4. The third kappa shape index (κ3) is 5.01. The molecule has 1 heterocycles. The van der Waals surface area contributed by atoms with Crippen molar-refractivity contribution >= 4 is 28.4 Å². The number of hydrogen-bond donors (Lipinski definition) is 3. The Hall–Kier alpha value is -3.86. The second-order valence-electron chi connectivity index (χ2n) is 7.59. The number of carbonyl (C=O) groups excluding carboxylic acids is 2. The van der Waals surface area contributed by atoms with E-state index in [-0.39, 0.29) is 17.9 Å². The summed E-state index contributed by atoms with van der Waals surface area (Å²) in [4.78, 5) is 28.1. The average molecular weight is 412 g/mol. The fourth-order valence-corrected chi connectivity index (χ4v) is 3.66. The lowest BCUT2D eigenvalue weighted by atomic mass is 10.1. The molecule has 1 aromatic heterocycles. The van der Waals surface area contributed by atoms with Crippen LogP contribution in [0.4, 0.5) is 5.69 Å². The summed E-state index contributed by atoms with van der Waals surface area (Å²) in [5, 5.41) is 7.13. The van der Waals surface area contributed by atoms with E-state index in [2.05, 4.69) is 21.7 Å².